The minimum atomic E-state index is -3.87. The van der Waals surface area contributed by atoms with E-state index in [0.717, 1.165) is 12.8 Å². The molecule has 1 aromatic rings. The highest BCUT2D eigenvalue weighted by molar-refractivity contribution is 9.10. The number of hydrogen-bond donors (Lipinski definition) is 0. The number of nitrogens with zero attached hydrogens (tertiary/aromatic N) is 1. The zero-order valence-electron chi connectivity index (χ0n) is 12.1. The van der Waals surface area contributed by atoms with Crippen molar-refractivity contribution in [3.8, 4) is 0 Å². The van der Waals surface area contributed by atoms with Gasteiger partial charge in [0.05, 0.1) is 6.61 Å². The molecule has 1 aliphatic rings. The van der Waals surface area contributed by atoms with Crippen LogP contribution in [0.5, 0.6) is 0 Å². The van der Waals surface area contributed by atoms with Crippen LogP contribution in [-0.4, -0.2) is 39.0 Å². The molecule has 1 unspecified atom stereocenters. The van der Waals surface area contributed by atoms with Crippen LogP contribution in [-0.2, 0) is 14.8 Å². The molecule has 0 heterocycles. The molecule has 0 saturated heterocycles. The van der Waals surface area contributed by atoms with Crippen molar-refractivity contribution in [2.45, 2.75) is 30.7 Å². The summed E-state index contributed by atoms with van der Waals surface area (Å²) in [7, 11) is -2.35. The zero-order chi connectivity index (χ0) is 15.6. The predicted molar refractivity (Wildman–Crippen MR) is 82.1 cm³/mol. The van der Waals surface area contributed by atoms with Crippen molar-refractivity contribution in [2.75, 3.05) is 20.3 Å². The summed E-state index contributed by atoms with van der Waals surface area (Å²) < 4.78 is 46.4. The molecule has 118 valence electrons. The summed E-state index contributed by atoms with van der Waals surface area (Å²) in [5.41, 5.74) is 0. The van der Waals surface area contributed by atoms with Gasteiger partial charge in [0, 0.05) is 24.2 Å². The molecule has 0 radical (unpaired) electrons. The van der Waals surface area contributed by atoms with Gasteiger partial charge < -0.3 is 4.74 Å². The maximum atomic E-state index is 14.0. The smallest absolute Gasteiger partial charge is 0.246 e. The van der Waals surface area contributed by atoms with E-state index in [-0.39, 0.29) is 24.1 Å². The van der Waals surface area contributed by atoms with Crippen LogP contribution < -0.4 is 0 Å². The summed E-state index contributed by atoms with van der Waals surface area (Å²) in [6.45, 7) is 2.39. The van der Waals surface area contributed by atoms with E-state index in [0.29, 0.717) is 10.4 Å². The lowest BCUT2D eigenvalue weighted by atomic mass is 10.2. The molecule has 7 heteroatoms. The van der Waals surface area contributed by atoms with Crippen molar-refractivity contribution in [3.05, 3.63) is 28.5 Å². The largest absolute Gasteiger partial charge is 0.383 e. The second-order valence-corrected chi connectivity index (χ2v) is 8.04. The van der Waals surface area contributed by atoms with Crippen LogP contribution in [0.2, 0.25) is 0 Å². The fraction of sp³-hybridized carbons (Fsp3) is 0.571. The summed E-state index contributed by atoms with van der Waals surface area (Å²) in [4.78, 5) is -0.283. The van der Waals surface area contributed by atoms with Crippen LogP contribution in [0.1, 0.15) is 19.8 Å². The lowest BCUT2D eigenvalue weighted by Gasteiger charge is -2.28. The predicted octanol–water partition coefficient (Wildman–Crippen LogP) is 3.02. The zero-order valence-corrected chi connectivity index (χ0v) is 14.5. The maximum Gasteiger partial charge on any atom is 0.246 e. The van der Waals surface area contributed by atoms with Gasteiger partial charge in [-0.15, -0.1) is 0 Å². The van der Waals surface area contributed by atoms with Crippen molar-refractivity contribution in [1.29, 1.82) is 0 Å². The molecule has 1 saturated carbocycles. The standard InChI is InChI=1S/C14H19BrFNO3S/c1-10(11-3-4-11)17(7-8-20-2)21(18,19)14-6-5-12(15)9-13(14)16/h5-6,9-11H,3-4,7-8H2,1-2H3. The molecule has 4 nitrogen and oxygen atoms in total. The van der Waals surface area contributed by atoms with Crippen molar-refractivity contribution in [1.82, 2.24) is 4.31 Å². The lowest BCUT2D eigenvalue weighted by Crippen LogP contribution is -2.42. The highest BCUT2D eigenvalue weighted by Crippen LogP contribution is 2.37. The van der Waals surface area contributed by atoms with Gasteiger partial charge >= 0.3 is 0 Å². The molecule has 21 heavy (non-hydrogen) atoms. The SMILES string of the molecule is COCCN(C(C)C1CC1)S(=O)(=O)c1ccc(Br)cc1F. The molecule has 1 aliphatic carbocycles. The molecule has 0 aliphatic heterocycles. The van der Waals surface area contributed by atoms with Gasteiger partial charge in [-0.1, -0.05) is 15.9 Å². The Morgan fingerprint density at radius 1 is 1.48 bits per heavy atom. The van der Waals surface area contributed by atoms with E-state index >= 15 is 0 Å². The first kappa shape index (κ1) is 16.9. The number of hydrogen-bond acceptors (Lipinski definition) is 3. The molecule has 0 spiro atoms. The quantitative estimate of drug-likeness (QED) is 0.731. The Morgan fingerprint density at radius 2 is 2.14 bits per heavy atom. The second-order valence-electron chi connectivity index (χ2n) is 5.26. The highest BCUT2D eigenvalue weighted by atomic mass is 79.9. The van der Waals surface area contributed by atoms with Crippen LogP contribution in [0, 0.1) is 11.7 Å². The molecule has 1 fully saturated rings. The van der Waals surface area contributed by atoms with E-state index in [1.807, 2.05) is 6.92 Å². The van der Waals surface area contributed by atoms with Crippen molar-refractivity contribution < 1.29 is 17.5 Å². The summed E-state index contributed by atoms with van der Waals surface area (Å²) in [6, 6.07) is 3.86. The summed E-state index contributed by atoms with van der Waals surface area (Å²) in [6.07, 6.45) is 2.03. The van der Waals surface area contributed by atoms with E-state index in [2.05, 4.69) is 15.9 Å². The summed E-state index contributed by atoms with van der Waals surface area (Å²) in [5, 5.41) is 0. The number of halogens is 2. The van der Waals surface area contributed by atoms with Gasteiger partial charge in [-0.05, 0) is 43.9 Å². The maximum absolute atomic E-state index is 14.0. The first-order chi connectivity index (χ1) is 9.87. The number of ether oxygens (including phenoxy) is 1. The fourth-order valence-corrected chi connectivity index (χ4v) is 4.40. The monoisotopic (exact) mass is 379 g/mol. The van der Waals surface area contributed by atoms with Crippen LogP contribution >= 0.6 is 15.9 Å². The van der Waals surface area contributed by atoms with Gasteiger partial charge in [-0.2, -0.15) is 4.31 Å². The van der Waals surface area contributed by atoms with Gasteiger partial charge in [0.25, 0.3) is 0 Å². The normalized spacial score (nSPS) is 17.2. The number of sulfonamides is 1. The molecule has 2 rings (SSSR count). The minimum Gasteiger partial charge on any atom is -0.383 e. The topological polar surface area (TPSA) is 46.6 Å². The van der Waals surface area contributed by atoms with Gasteiger partial charge in [-0.25, -0.2) is 12.8 Å². The van der Waals surface area contributed by atoms with Crippen LogP contribution in [0.25, 0.3) is 0 Å². The fourth-order valence-electron chi connectivity index (χ4n) is 2.35. The van der Waals surface area contributed by atoms with E-state index in [9.17, 15) is 12.8 Å². The number of rotatable bonds is 7. The third-order valence-electron chi connectivity index (χ3n) is 3.75. The van der Waals surface area contributed by atoms with Gasteiger partial charge in [-0.3, -0.25) is 0 Å². The third-order valence-corrected chi connectivity index (χ3v) is 6.27. The molecular weight excluding hydrogens is 361 g/mol. The van der Waals surface area contributed by atoms with E-state index < -0.39 is 15.8 Å². The third kappa shape index (κ3) is 3.83. The van der Waals surface area contributed by atoms with Crippen molar-refractivity contribution >= 4 is 26.0 Å². The first-order valence-electron chi connectivity index (χ1n) is 6.83. The van der Waals surface area contributed by atoms with E-state index in [4.69, 9.17) is 4.74 Å². The summed E-state index contributed by atoms with van der Waals surface area (Å²) >= 11 is 3.14. The van der Waals surface area contributed by atoms with E-state index in [1.165, 1.54) is 29.6 Å². The van der Waals surface area contributed by atoms with Gasteiger partial charge in [0.2, 0.25) is 10.0 Å². The first-order valence-corrected chi connectivity index (χ1v) is 9.07. The minimum absolute atomic E-state index is 0.145. The van der Waals surface area contributed by atoms with Crippen LogP contribution in [0.15, 0.2) is 27.6 Å². The van der Waals surface area contributed by atoms with Gasteiger partial charge in [0.15, 0.2) is 0 Å². The molecule has 0 amide bonds. The van der Waals surface area contributed by atoms with E-state index in [1.54, 1.807) is 0 Å². The van der Waals surface area contributed by atoms with Gasteiger partial charge in [0.1, 0.15) is 10.7 Å². The van der Waals surface area contributed by atoms with Crippen molar-refractivity contribution in [3.63, 3.8) is 0 Å². The lowest BCUT2D eigenvalue weighted by molar-refractivity contribution is 0.164. The molecule has 1 atom stereocenters. The average Bonchev–Trinajstić information content (AvgIpc) is 3.22. The molecule has 0 bridgehead atoms. The Hall–Kier alpha value is -0.500. The Bertz CT molecular complexity index is 604. The average molecular weight is 380 g/mol. The van der Waals surface area contributed by atoms with Crippen LogP contribution in [0.4, 0.5) is 4.39 Å². The Morgan fingerprint density at radius 3 is 2.67 bits per heavy atom. The number of benzene rings is 1. The Balaban J connectivity index is 2.35. The second kappa shape index (κ2) is 6.73. The molecule has 0 N–H and O–H groups in total. The molecular formula is C14H19BrFNO3S. The van der Waals surface area contributed by atoms with Crippen LogP contribution in [0.3, 0.4) is 0 Å². The Kier molecular flexibility index (Phi) is 5.40. The Labute approximate surface area is 133 Å². The number of methoxy groups -OCH3 is 1. The van der Waals surface area contributed by atoms with Crippen molar-refractivity contribution in [2.24, 2.45) is 5.92 Å². The molecule has 0 aromatic heterocycles. The summed E-state index contributed by atoms with van der Waals surface area (Å²) in [5.74, 6) is -0.384. The molecule has 1 aromatic carbocycles. The highest BCUT2D eigenvalue weighted by Gasteiger charge is 2.38.